The van der Waals surface area contributed by atoms with Crippen LogP contribution < -0.4 is 0 Å². The van der Waals surface area contributed by atoms with Crippen LogP contribution in [0.4, 0.5) is 0 Å². The van der Waals surface area contributed by atoms with Gasteiger partial charge in [-0.2, -0.15) is 0 Å². The van der Waals surface area contributed by atoms with Crippen molar-refractivity contribution in [2.24, 2.45) is 0 Å². The quantitative estimate of drug-likeness (QED) is 0.725. The van der Waals surface area contributed by atoms with Gasteiger partial charge < -0.3 is 5.11 Å². The zero-order chi connectivity index (χ0) is 12.9. The smallest absolute Gasteiger partial charge is 0.323 e. The molecule has 0 radical (unpaired) electrons. The van der Waals surface area contributed by atoms with Gasteiger partial charge in [0.2, 0.25) is 0 Å². The topological polar surface area (TPSA) is 40.5 Å². The van der Waals surface area contributed by atoms with E-state index in [2.05, 4.69) is 18.7 Å². The molecule has 0 aromatic carbocycles. The number of nitrogens with zero attached hydrogens (tertiary/aromatic N) is 1. The van der Waals surface area contributed by atoms with Gasteiger partial charge in [0.05, 0.1) is 0 Å². The fraction of sp³-hybridized carbons (Fsp3) is 0.929. The maximum Gasteiger partial charge on any atom is 0.323 e. The Hall–Kier alpha value is -0.570. The molecule has 0 aromatic heterocycles. The summed E-state index contributed by atoms with van der Waals surface area (Å²) < 4.78 is 0. The molecule has 1 aliphatic rings. The zero-order valence-electron chi connectivity index (χ0n) is 11.5. The third-order valence-electron chi connectivity index (χ3n) is 4.16. The second-order valence-corrected chi connectivity index (χ2v) is 5.57. The van der Waals surface area contributed by atoms with Crippen molar-refractivity contribution in [2.75, 3.05) is 6.54 Å². The van der Waals surface area contributed by atoms with E-state index in [9.17, 15) is 9.90 Å². The van der Waals surface area contributed by atoms with Crippen LogP contribution >= 0.6 is 0 Å². The molecule has 1 rings (SSSR count). The standard InChI is InChI=1S/C14H27NO2/c1-4-5-6-9-12(2)15-11-8-7-10-14(15,3)13(16)17/h12H,4-11H2,1-3H3,(H,16,17). The molecule has 2 atom stereocenters. The van der Waals surface area contributed by atoms with Gasteiger partial charge in [-0.3, -0.25) is 9.69 Å². The van der Waals surface area contributed by atoms with Gasteiger partial charge in [0, 0.05) is 6.04 Å². The van der Waals surface area contributed by atoms with E-state index >= 15 is 0 Å². The van der Waals surface area contributed by atoms with Gasteiger partial charge in [-0.05, 0) is 46.1 Å². The second-order valence-electron chi connectivity index (χ2n) is 5.57. The Morgan fingerprint density at radius 1 is 1.41 bits per heavy atom. The summed E-state index contributed by atoms with van der Waals surface area (Å²) in [5, 5.41) is 9.45. The Kier molecular flexibility index (Phi) is 5.44. The molecule has 3 heteroatoms. The molecule has 0 amide bonds. The Labute approximate surface area is 105 Å². The molecule has 0 saturated carbocycles. The minimum Gasteiger partial charge on any atom is -0.480 e. The van der Waals surface area contributed by atoms with Crippen molar-refractivity contribution >= 4 is 5.97 Å². The molecule has 1 fully saturated rings. The van der Waals surface area contributed by atoms with Crippen molar-refractivity contribution in [1.82, 2.24) is 4.90 Å². The molecule has 0 spiro atoms. The number of aliphatic carboxylic acids is 1. The largest absolute Gasteiger partial charge is 0.480 e. The van der Waals surface area contributed by atoms with E-state index in [1.807, 2.05) is 6.92 Å². The highest BCUT2D eigenvalue weighted by atomic mass is 16.4. The van der Waals surface area contributed by atoms with E-state index in [4.69, 9.17) is 0 Å². The highest BCUT2D eigenvalue weighted by Gasteiger charge is 2.42. The fourth-order valence-corrected chi connectivity index (χ4v) is 2.92. The zero-order valence-corrected chi connectivity index (χ0v) is 11.5. The summed E-state index contributed by atoms with van der Waals surface area (Å²) in [6.07, 6.45) is 7.79. The average molecular weight is 241 g/mol. The van der Waals surface area contributed by atoms with E-state index in [-0.39, 0.29) is 0 Å². The number of rotatable bonds is 6. The number of carboxylic acids is 1. The third-order valence-corrected chi connectivity index (χ3v) is 4.16. The second kappa shape index (κ2) is 6.39. The first-order valence-electron chi connectivity index (χ1n) is 7.02. The molecule has 1 N–H and O–H groups in total. The van der Waals surface area contributed by atoms with E-state index in [1.165, 1.54) is 19.3 Å². The maximum atomic E-state index is 11.5. The molecule has 0 bridgehead atoms. The number of likely N-dealkylation sites (tertiary alicyclic amines) is 1. The van der Waals surface area contributed by atoms with Gasteiger partial charge in [0.15, 0.2) is 0 Å². The lowest BCUT2D eigenvalue weighted by atomic mass is 9.86. The molecule has 2 unspecified atom stereocenters. The molecule has 1 heterocycles. The summed E-state index contributed by atoms with van der Waals surface area (Å²) in [5.74, 6) is -0.653. The summed E-state index contributed by atoms with van der Waals surface area (Å²) in [6, 6.07) is 0.392. The molecule has 1 aliphatic heterocycles. The van der Waals surface area contributed by atoms with Crippen LogP contribution in [0.15, 0.2) is 0 Å². The van der Waals surface area contributed by atoms with Gasteiger partial charge in [-0.25, -0.2) is 0 Å². The third kappa shape index (κ3) is 3.44. The van der Waals surface area contributed by atoms with Crippen LogP contribution in [0, 0.1) is 0 Å². The number of unbranched alkanes of at least 4 members (excludes halogenated alkanes) is 2. The summed E-state index contributed by atoms with van der Waals surface area (Å²) in [4.78, 5) is 13.7. The van der Waals surface area contributed by atoms with Crippen molar-refractivity contribution < 1.29 is 9.90 Å². The molecule has 17 heavy (non-hydrogen) atoms. The van der Waals surface area contributed by atoms with E-state index < -0.39 is 11.5 Å². The van der Waals surface area contributed by atoms with Crippen LogP contribution in [0.2, 0.25) is 0 Å². The Morgan fingerprint density at radius 2 is 2.12 bits per heavy atom. The number of hydrogen-bond donors (Lipinski definition) is 1. The minimum absolute atomic E-state index is 0.392. The summed E-state index contributed by atoms with van der Waals surface area (Å²) in [6.45, 7) is 7.22. The van der Waals surface area contributed by atoms with Crippen molar-refractivity contribution in [3.05, 3.63) is 0 Å². The lowest BCUT2D eigenvalue weighted by Gasteiger charge is -2.45. The molecule has 100 valence electrons. The van der Waals surface area contributed by atoms with Crippen molar-refractivity contribution in [2.45, 2.75) is 77.3 Å². The first-order chi connectivity index (χ1) is 8.02. The van der Waals surface area contributed by atoms with Gasteiger partial charge in [0.25, 0.3) is 0 Å². The van der Waals surface area contributed by atoms with Crippen LogP contribution in [0.25, 0.3) is 0 Å². The molecule has 0 aliphatic carbocycles. The van der Waals surface area contributed by atoms with Gasteiger partial charge in [-0.15, -0.1) is 0 Å². The lowest BCUT2D eigenvalue weighted by molar-refractivity contribution is -0.155. The van der Waals surface area contributed by atoms with Crippen molar-refractivity contribution in [1.29, 1.82) is 0 Å². The number of carboxylic acid groups (broad SMARTS) is 1. The number of piperidine rings is 1. The lowest BCUT2D eigenvalue weighted by Crippen LogP contribution is -2.58. The molecular weight excluding hydrogens is 214 g/mol. The Bertz CT molecular complexity index is 255. The highest BCUT2D eigenvalue weighted by Crippen LogP contribution is 2.31. The first kappa shape index (κ1) is 14.5. The average Bonchev–Trinajstić information content (AvgIpc) is 2.29. The van der Waals surface area contributed by atoms with Crippen LogP contribution in [-0.4, -0.2) is 34.1 Å². The minimum atomic E-state index is -0.653. The molecule has 3 nitrogen and oxygen atoms in total. The van der Waals surface area contributed by atoms with E-state index in [0.717, 1.165) is 32.2 Å². The van der Waals surface area contributed by atoms with Crippen LogP contribution in [0.1, 0.15) is 65.7 Å². The monoisotopic (exact) mass is 241 g/mol. The van der Waals surface area contributed by atoms with Crippen molar-refractivity contribution in [3.63, 3.8) is 0 Å². The summed E-state index contributed by atoms with van der Waals surface area (Å²) >= 11 is 0. The van der Waals surface area contributed by atoms with E-state index in [0.29, 0.717) is 6.04 Å². The molecule has 0 aromatic rings. The fourth-order valence-electron chi connectivity index (χ4n) is 2.92. The summed E-state index contributed by atoms with van der Waals surface area (Å²) in [7, 11) is 0. The van der Waals surface area contributed by atoms with Gasteiger partial charge >= 0.3 is 5.97 Å². The van der Waals surface area contributed by atoms with Crippen LogP contribution in [-0.2, 0) is 4.79 Å². The Morgan fingerprint density at radius 3 is 2.71 bits per heavy atom. The number of carbonyl (C=O) groups is 1. The first-order valence-corrected chi connectivity index (χ1v) is 7.02. The van der Waals surface area contributed by atoms with Crippen molar-refractivity contribution in [3.8, 4) is 0 Å². The normalized spacial score (nSPS) is 27.9. The predicted octanol–water partition coefficient (Wildman–Crippen LogP) is 3.28. The molecule has 1 saturated heterocycles. The highest BCUT2D eigenvalue weighted by molar-refractivity contribution is 5.78. The Balaban J connectivity index is 2.61. The van der Waals surface area contributed by atoms with E-state index in [1.54, 1.807) is 0 Å². The van der Waals surface area contributed by atoms with Gasteiger partial charge in [0.1, 0.15) is 5.54 Å². The predicted molar refractivity (Wildman–Crippen MR) is 70.2 cm³/mol. The number of hydrogen-bond acceptors (Lipinski definition) is 2. The van der Waals surface area contributed by atoms with Crippen LogP contribution in [0.3, 0.4) is 0 Å². The van der Waals surface area contributed by atoms with Gasteiger partial charge in [-0.1, -0.05) is 26.2 Å². The summed E-state index contributed by atoms with van der Waals surface area (Å²) in [5.41, 5.74) is -0.635. The maximum absolute atomic E-state index is 11.5. The van der Waals surface area contributed by atoms with Crippen LogP contribution in [0.5, 0.6) is 0 Å². The SMILES string of the molecule is CCCCCC(C)N1CCCCC1(C)C(=O)O. The molecular formula is C14H27NO2.